The summed E-state index contributed by atoms with van der Waals surface area (Å²) in [5.41, 5.74) is 0.0739. The van der Waals surface area contributed by atoms with Gasteiger partial charge in [-0.3, -0.25) is 4.79 Å². The van der Waals surface area contributed by atoms with Crippen LogP contribution in [0.25, 0.3) is 0 Å². The molecule has 0 bridgehead atoms. The minimum Gasteiger partial charge on any atom is -0.352 e. The summed E-state index contributed by atoms with van der Waals surface area (Å²) in [5.74, 6) is 0. The quantitative estimate of drug-likeness (QED) is 0.766. The van der Waals surface area contributed by atoms with Gasteiger partial charge in [-0.05, 0) is 19.4 Å². The van der Waals surface area contributed by atoms with E-state index in [0.717, 1.165) is 19.5 Å². The summed E-state index contributed by atoms with van der Waals surface area (Å²) in [4.78, 5) is 11.0. The fourth-order valence-corrected chi connectivity index (χ4v) is 1.77. The van der Waals surface area contributed by atoms with Crippen molar-refractivity contribution in [2.24, 2.45) is 0 Å². The van der Waals surface area contributed by atoms with Gasteiger partial charge in [0.25, 0.3) is 0 Å². The molecule has 0 radical (unpaired) electrons. The van der Waals surface area contributed by atoms with Crippen molar-refractivity contribution < 1.29 is 0 Å². The molecule has 3 nitrogen and oxygen atoms in total. The van der Waals surface area contributed by atoms with E-state index >= 15 is 0 Å². The molecule has 0 amide bonds. The molecule has 3 heteroatoms. The highest BCUT2D eigenvalue weighted by molar-refractivity contribution is 4.94. The monoisotopic (exact) mass is 222 g/mol. The van der Waals surface area contributed by atoms with E-state index in [2.05, 4.69) is 23.7 Å². The molecule has 1 aromatic heterocycles. The summed E-state index contributed by atoms with van der Waals surface area (Å²) in [5, 5.41) is 3.53. The zero-order valence-electron chi connectivity index (χ0n) is 10.3. The summed E-state index contributed by atoms with van der Waals surface area (Å²) >= 11 is 0. The number of aromatic nitrogens is 1. The Hall–Kier alpha value is -1.09. The van der Waals surface area contributed by atoms with Crippen LogP contribution < -0.4 is 10.7 Å². The summed E-state index contributed by atoms with van der Waals surface area (Å²) < 4.78 is 2.07. The molecule has 1 unspecified atom stereocenters. The highest BCUT2D eigenvalue weighted by Gasteiger charge is 2.06. The molecule has 0 aliphatic rings. The van der Waals surface area contributed by atoms with Crippen LogP contribution in [0.2, 0.25) is 0 Å². The van der Waals surface area contributed by atoms with Gasteiger partial charge >= 0.3 is 0 Å². The first kappa shape index (κ1) is 13.0. The van der Waals surface area contributed by atoms with Gasteiger partial charge < -0.3 is 9.88 Å². The Balaban J connectivity index is 2.52. The fourth-order valence-electron chi connectivity index (χ4n) is 1.77. The molecule has 0 aliphatic carbocycles. The van der Waals surface area contributed by atoms with E-state index in [4.69, 9.17) is 0 Å². The van der Waals surface area contributed by atoms with Crippen molar-refractivity contribution in [2.75, 3.05) is 6.54 Å². The molecule has 0 fully saturated rings. The van der Waals surface area contributed by atoms with E-state index in [1.807, 2.05) is 12.4 Å². The van der Waals surface area contributed by atoms with Crippen LogP contribution in [0, 0.1) is 0 Å². The summed E-state index contributed by atoms with van der Waals surface area (Å²) in [7, 11) is 0. The number of nitrogens with one attached hydrogen (secondary N) is 1. The van der Waals surface area contributed by atoms with Crippen molar-refractivity contribution in [3.05, 3.63) is 34.7 Å². The van der Waals surface area contributed by atoms with Crippen LogP contribution in [0.5, 0.6) is 0 Å². The van der Waals surface area contributed by atoms with E-state index < -0.39 is 0 Å². The predicted molar refractivity (Wildman–Crippen MR) is 67.7 cm³/mol. The van der Waals surface area contributed by atoms with Gasteiger partial charge in [-0.25, -0.2) is 0 Å². The van der Waals surface area contributed by atoms with E-state index in [1.54, 1.807) is 12.1 Å². The minimum absolute atomic E-state index is 0.0739. The fraction of sp³-hybridized carbons (Fsp3) is 0.615. The molecule has 1 N–H and O–H groups in total. The largest absolute Gasteiger partial charge is 0.352 e. The minimum atomic E-state index is 0.0739. The normalized spacial score (nSPS) is 12.6. The second-order valence-corrected chi connectivity index (χ2v) is 4.17. The van der Waals surface area contributed by atoms with Gasteiger partial charge in [0.15, 0.2) is 5.43 Å². The lowest BCUT2D eigenvalue weighted by atomic mass is 10.1. The van der Waals surface area contributed by atoms with Crippen LogP contribution in [-0.2, 0) is 6.54 Å². The van der Waals surface area contributed by atoms with Crippen molar-refractivity contribution in [1.82, 2.24) is 9.88 Å². The van der Waals surface area contributed by atoms with Crippen molar-refractivity contribution >= 4 is 0 Å². The summed E-state index contributed by atoms with van der Waals surface area (Å²) in [6, 6.07) is 3.73. The molecule has 1 aromatic rings. The van der Waals surface area contributed by atoms with E-state index in [-0.39, 0.29) is 5.43 Å². The van der Waals surface area contributed by atoms with Gasteiger partial charge in [0, 0.05) is 37.1 Å². The number of rotatable bonds is 7. The molecule has 1 atom stereocenters. The van der Waals surface area contributed by atoms with Gasteiger partial charge in [-0.1, -0.05) is 20.3 Å². The Bertz CT molecular complexity index is 326. The standard InChI is InChI=1S/C13H22N2O/c1-3-5-12(14-8-4-2)11-15-9-6-13(16)7-10-15/h6-7,9-10,12,14H,3-5,8,11H2,1-2H3. The van der Waals surface area contributed by atoms with Crippen LogP contribution in [0.3, 0.4) is 0 Å². The number of nitrogens with zero attached hydrogens (tertiary/aromatic N) is 1. The topological polar surface area (TPSA) is 34.0 Å². The molecule has 1 heterocycles. The number of hydrogen-bond donors (Lipinski definition) is 1. The van der Waals surface area contributed by atoms with Crippen molar-refractivity contribution in [3.8, 4) is 0 Å². The highest BCUT2D eigenvalue weighted by atomic mass is 16.1. The number of pyridine rings is 1. The molecule has 0 saturated heterocycles. The molecule has 0 aliphatic heterocycles. The molecule has 1 rings (SSSR count). The van der Waals surface area contributed by atoms with Crippen LogP contribution in [-0.4, -0.2) is 17.2 Å². The van der Waals surface area contributed by atoms with Gasteiger partial charge in [0.05, 0.1) is 0 Å². The molecule has 0 aromatic carbocycles. The Morgan fingerprint density at radius 1 is 1.25 bits per heavy atom. The SMILES string of the molecule is CCCNC(CCC)Cn1ccc(=O)cc1. The van der Waals surface area contributed by atoms with Crippen molar-refractivity contribution in [1.29, 1.82) is 0 Å². The highest BCUT2D eigenvalue weighted by Crippen LogP contribution is 2.00. The third kappa shape index (κ3) is 4.62. The zero-order valence-corrected chi connectivity index (χ0v) is 10.3. The van der Waals surface area contributed by atoms with Crippen molar-refractivity contribution in [3.63, 3.8) is 0 Å². The van der Waals surface area contributed by atoms with E-state index in [0.29, 0.717) is 6.04 Å². The van der Waals surface area contributed by atoms with Crippen molar-refractivity contribution in [2.45, 2.75) is 45.7 Å². The third-order valence-electron chi connectivity index (χ3n) is 2.61. The van der Waals surface area contributed by atoms with Gasteiger partial charge in [-0.15, -0.1) is 0 Å². The zero-order chi connectivity index (χ0) is 11.8. The molecule has 16 heavy (non-hydrogen) atoms. The lowest BCUT2D eigenvalue weighted by Gasteiger charge is -2.19. The summed E-state index contributed by atoms with van der Waals surface area (Å²) in [6.07, 6.45) is 7.23. The molecule has 0 saturated carbocycles. The Labute approximate surface area is 97.5 Å². The average molecular weight is 222 g/mol. The third-order valence-corrected chi connectivity index (χ3v) is 2.61. The second-order valence-electron chi connectivity index (χ2n) is 4.17. The lowest BCUT2D eigenvalue weighted by molar-refractivity contribution is 0.419. The smallest absolute Gasteiger partial charge is 0.181 e. The van der Waals surface area contributed by atoms with Crippen LogP contribution in [0.4, 0.5) is 0 Å². The molecule has 90 valence electrons. The first-order valence-electron chi connectivity index (χ1n) is 6.15. The average Bonchev–Trinajstić information content (AvgIpc) is 2.29. The maximum absolute atomic E-state index is 11.0. The van der Waals surface area contributed by atoms with E-state index in [9.17, 15) is 4.79 Å². The molecule has 0 spiro atoms. The predicted octanol–water partition coefficient (Wildman–Crippen LogP) is 2.02. The maximum atomic E-state index is 11.0. The second kappa shape index (κ2) is 7.23. The van der Waals surface area contributed by atoms with Crippen LogP contribution >= 0.6 is 0 Å². The molecular weight excluding hydrogens is 200 g/mol. The first-order valence-corrected chi connectivity index (χ1v) is 6.15. The number of hydrogen-bond acceptors (Lipinski definition) is 2. The van der Waals surface area contributed by atoms with Crippen LogP contribution in [0.15, 0.2) is 29.3 Å². The van der Waals surface area contributed by atoms with E-state index in [1.165, 1.54) is 12.8 Å². The Morgan fingerprint density at radius 2 is 1.94 bits per heavy atom. The van der Waals surface area contributed by atoms with Gasteiger partial charge in [0.2, 0.25) is 0 Å². The maximum Gasteiger partial charge on any atom is 0.181 e. The van der Waals surface area contributed by atoms with Gasteiger partial charge in [0.1, 0.15) is 0 Å². The summed E-state index contributed by atoms with van der Waals surface area (Å²) in [6.45, 7) is 6.38. The molecular formula is C13H22N2O. The van der Waals surface area contributed by atoms with Crippen LogP contribution in [0.1, 0.15) is 33.1 Å². The van der Waals surface area contributed by atoms with Gasteiger partial charge in [-0.2, -0.15) is 0 Å². The lowest BCUT2D eigenvalue weighted by Crippen LogP contribution is -2.33. The first-order chi connectivity index (χ1) is 7.76. The Morgan fingerprint density at radius 3 is 2.50 bits per heavy atom. The Kier molecular flexibility index (Phi) is 5.86.